The number of carbonyl (C=O) groups is 1. The van der Waals surface area contributed by atoms with Crippen LogP contribution in [0, 0.1) is 0 Å². The standard InChI is InChI=1S/C12H15N3O3S2/c1-15-7-6-9(12(15)16)14-20(17,18)10-5-3-2-4-8(10)11(13)19/h2-5,9,14H,6-7H2,1H3,(H2,13,19). The largest absolute Gasteiger partial charge is 0.389 e. The second-order valence-corrected chi connectivity index (χ2v) is 6.70. The van der Waals surface area contributed by atoms with E-state index in [0.717, 1.165) is 0 Å². The highest BCUT2D eigenvalue weighted by atomic mass is 32.2. The van der Waals surface area contributed by atoms with Crippen LogP contribution in [0.1, 0.15) is 12.0 Å². The Morgan fingerprint density at radius 3 is 2.65 bits per heavy atom. The van der Waals surface area contributed by atoms with Gasteiger partial charge in [0.1, 0.15) is 11.0 Å². The van der Waals surface area contributed by atoms with Crippen LogP contribution in [0.15, 0.2) is 29.2 Å². The highest BCUT2D eigenvalue weighted by Crippen LogP contribution is 2.18. The summed E-state index contributed by atoms with van der Waals surface area (Å²) in [7, 11) is -2.20. The van der Waals surface area contributed by atoms with Crippen LogP contribution in [0.2, 0.25) is 0 Å². The lowest BCUT2D eigenvalue weighted by molar-refractivity contribution is -0.127. The van der Waals surface area contributed by atoms with Gasteiger partial charge >= 0.3 is 0 Å². The zero-order valence-electron chi connectivity index (χ0n) is 10.9. The van der Waals surface area contributed by atoms with Gasteiger partial charge in [-0.2, -0.15) is 4.72 Å². The number of sulfonamides is 1. The first-order valence-corrected chi connectivity index (χ1v) is 7.88. The molecule has 0 bridgehead atoms. The summed E-state index contributed by atoms with van der Waals surface area (Å²) in [5.41, 5.74) is 5.80. The number of hydrogen-bond donors (Lipinski definition) is 2. The van der Waals surface area contributed by atoms with Crippen LogP contribution in [0.25, 0.3) is 0 Å². The maximum Gasteiger partial charge on any atom is 0.241 e. The molecule has 0 aliphatic carbocycles. The summed E-state index contributed by atoms with van der Waals surface area (Å²) in [4.78, 5) is 13.3. The Balaban J connectivity index is 2.32. The molecule has 1 aliphatic rings. The Morgan fingerprint density at radius 2 is 2.10 bits per heavy atom. The Hall–Kier alpha value is -1.51. The fourth-order valence-corrected chi connectivity index (χ4v) is 3.78. The first-order valence-electron chi connectivity index (χ1n) is 5.99. The van der Waals surface area contributed by atoms with Gasteiger partial charge in [-0.25, -0.2) is 8.42 Å². The average Bonchev–Trinajstić information content (AvgIpc) is 2.70. The first-order chi connectivity index (χ1) is 9.33. The van der Waals surface area contributed by atoms with Crippen LogP contribution >= 0.6 is 12.2 Å². The van der Waals surface area contributed by atoms with Gasteiger partial charge in [-0.15, -0.1) is 0 Å². The van der Waals surface area contributed by atoms with Crippen molar-refractivity contribution < 1.29 is 13.2 Å². The molecule has 108 valence electrons. The molecule has 1 atom stereocenters. The van der Waals surface area contributed by atoms with Gasteiger partial charge in [0.2, 0.25) is 15.9 Å². The van der Waals surface area contributed by atoms with E-state index in [1.807, 2.05) is 0 Å². The molecule has 1 saturated heterocycles. The lowest BCUT2D eigenvalue weighted by Crippen LogP contribution is -2.41. The molecule has 0 aromatic heterocycles. The Labute approximate surface area is 123 Å². The number of likely N-dealkylation sites (tertiary alicyclic amines) is 1. The number of carbonyl (C=O) groups excluding carboxylic acids is 1. The molecule has 1 aromatic rings. The summed E-state index contributed by atoms with van der Waals surface area (Å²) in [5, 5.41) is 0. The van der Waals surface area contributed by atoms with Crippen molar-refractivity contribution in [2.75, 3.05) is 13.6 Å². The molecule has 0 radical (unpaired) electrons. The number of hydrogen-bond acceptors (Lipinski definition) is 4. The van der Waals surface area contributed by atoms with E-state index in [4.69, 9.17) is 18.0 Å². The topological polar surface area (TPSA) is 92.5 Å². The fraction of sp³-hybridized carbons (Fsp3) is 0.333. The molecule has 1 heterocycles. The van der Waals surface area contributed by atoms with Crippen LogP contribution in [-0.2, 0) is 14.8 Å². The summed E-state index contributed by atoms with van der Waals surface area (Å²) >= 11 is 4.85. The van der Waals surface area contributed by atoms with Crippen molar-refractivity contribution in [2.45, 2.75) is 17.4 Å². The molecule has 1 aliphatic heterocycles. The molecule has 0 spiro atoms. The van der Waals surface area contributed by atoms with Crippen molar-refractivity contribution in [3.63, 3.8) is 0 Å². The van der Waals surface area contributed by atoms with E-state index in [9.17, 15) is 13.2 Å². The van der Waals surface area contributed by atoms with Gasteiger partial charge in [-0.05, 0) is 12.5 Å². The van der Waals surface area contributed by atoms with Crippen molar-refractivity contribution in [3.05, 3.63) is 29.8 Å². The molecule has 1 unspecified atom stereocenters. The minimum atomic E-state index is -3.84. The van der Waals surface area contributed by atoms with Gasteiger partial charge in [0, 0.05) is 19.2 Å². The minimum Gasteiger partial charge on any atom is -0.389 e. The molecule has 6 nitrogen and oxygen atoms in total. The number of nitrogens with two attached hydrogens (primary N) is 1. The Kier molecular flexibility index (Phi) is 4.07. The number of likely N-dealkylation sites (N-methyl/N-ethyl adjacent to an activating group) is 1. The van der Waals surface area contributed by atoms with E-state index in [1.165, 1.54) is 11.0 Å². The van der Waals surface area contributed by atoms with Gasteiger partial charge in [-0.1, -0.05) is 30.4 Å². The van der Waals surface area contributed by atoms with Crippen molar-refractivity contribution in [1.82, 2.24) is 9.62 Å². The van der Waals surface area contributed by atoms with Crippen molar-refractivity contribution in [2.24, 2.45) is 5.73 Å². The average molecular weight is 313 g/mol. The highest BCUT2D eigenvalue weighted by molar-refractivity contribution is 7.89. The molecule has 1 fully saturated rings. The Morgan fingerprint density at radius 1 is 1.45 bits per heavy atom. The molecule has 8 heteroatoms. The van der Waals surface area contributed by atoms with E-state index < -0.39 is 16.1 Å². The number of thiocarbonyl (C=S) groups is 1. The third-order valence-electron chi connectivity index (χ3n) is 3.17. The summed E-state index contributed by atoms with van der Waals surface area (Å²) in [5.74, 6) is -0.235. The van der Waals surface area contributed by atoms with E-state index in [1.54, 1.807) is 25.2 Å². The number of benzene rings is 1. The second-order valence-electron chi connectivity index (χ2n) is 4.58. The van der Waals surface area contributed by atoms with Crippen molar-refractivity contribution in [3.8, 4) is 0 Å². The normalized spacial score (nSPS) is 19.4. The van der Waals surface area contributed by atoms with Crippen molar-refractivity contribution >= 4 is 33.1 Å². The lowest BCUT2D eigenvalue weighted by Gasteiger charge is -2.14. The van der Waals surface area contributed by atoms with Gasteiger partial charge < -0.3 is 10.6 Å². The van der Waals surface area contributed by atoms with E-state index in [2.05, 4.69) is 4.72 Å². The first kappa shape index (κ1) is 14.9. The third kappa shape index (κ3) is 2.82. The smallest absolute Gasteiger partial charge is 0.241 e. The number of rotatable bonds is 4. The second kappa shape index (κ2) is 5.47. The molecule has 20 heavy (non-hydrogen) atoms. The number of nitrogens with zero attached hydrogens (tertiary/aromatic N) is 1. The molecule has 1 amide bonds. The SMILES string of the molecule is CN1CCC(NS(=O)(=O)c2ccccc2C(N)=S)C1=O. The third-order valence-corrected chi connectivity index (χ3v) is 4.92. The van der Waals surface area contributed by atoms with Crippen LogP contribution in [0.5, 0.6) is 0 Å². The van der Waals surface area contributed by atoms with Gasteiger partial charge in [0.05, 0.1) is 4.90 Å². The molecule has 3 N–H and O–H groups in total. The summed E-state index contributed by atoms with van der Waals surface area (Å²) < 4.78 is 27.2. The zero-order chi connectivity index (χ0) is 14.9. The minimum absolute atomic E-state index is 0.000779. The van der Waals surface area contributed by atoms with E-state index in [0.29, 0.717) is 13.0 Å². The van der Waals surface area contributed by atoms with E-state index in [-0.39, 0.29) is 21.4 Å². The number of amides is 1. The van der Waals surface area contributed by atoms with Gasteiger partial charge in [-0.3, -0.25) is 4.79 Å². The molecular formula is C12H15N3O3S2. The molecule has 1 aromatic carbocycles. The van der Waals surface area contributed by atoms with Gasteiger partial charge in [0.15, 0.2) is 0 Å². The van der Waals surface area contributed by atoms with Crippen LogP contribution < -0.4 is 10.5 Å². The lowest BCUT2D eigenvalue weighted by atomic mass is 10.2. The van der Waals surface area contributed by atoms with Crippen LogP contribution in [-0.4, -0.2) is 43.8 Å². The predicted molar refractivity (Wildman–Crippen MR) is 78.7 cm³/mol. The summed E-state index contributed by atoms with van der Waals surface area (Å²) in [6, 6.07) is 5.46. The van der Waals surface area contributed by atoms with Crippen LogP contribution in [0.3, 0.4) is 0 Å². The zero-order valence-corrected chi connectivity index (χ0v) is 12.5. The van der Waals surface area contributed by atoms with Crippen LogP contribution in [0.4, 0.5) is 0 Å². The maximum atomic E-state index is 12.4. The fourth-order valence-electron chi connectivity index (χ4n) is 2.09. The maximum absolute atomic E-state index is 12.4. The predicted octanol–water partition coefficient (Wildman–Crippen LogP) is -0.170. The monoisotopic (exact) mass is 313 g/mol. The number of nitrogens with one attached hydrogen (secondary N) is 1. The molecular weight excluding hydrogens is 298 g/mol. The summed E-state index contributed by atoms with van der Waals surface area (Å²) in [6.07, 6.45) is 0.448. The summed E-state index contributed by atoms with van der Waals surface area (Å²) in [6.45, 7) is 0.531. The highest BCUT2D eigenvalue weighted by Gasteiger charge is 2.33. The molecule has 2 rings (SSSR count). The quantitative estimate of drug-likeness (QED) is 0.753. The Bertz CT molecular complexity index is 658. The van der Waals surface area contributed by atoms with Crippen molar-refractivity contribution in [1.29, 1.82) is 0 Å². The van der Waals surface area contributed by atoms with E-state index >= 15 is 0 Å². The van der Waals surface area contributed by atoms with Gasteiger partial charge in [0.25, 0.3) is 0 Å². The molecule has 0 saturated carbocycles.